The maximum absolute atomic E-state index is 10.4. The van der Waals surface area contributed by atoms with E-state index in [1.807, 2.05) is 42.5 Å². The minimum atomic E-state index is -0.814. The van der Waals surface area contributed by atoms with Crippen molar-refractivity contribution in [1.82, 2.24) is 0 Å². The molecule has 0 amide bonds. The van der Waals surface area contributed by atoms with Crippen LogP contribution in [-0.4, -0.2) is 18.3 Å². The summed E-state index contributed by atoms with van der Waals surface area (Å²) in [6.07, 6.45) is 1.73. The van der Waals surface area contributed by atoms with Gasteiger partial charge in [-0.1, -0.05) is 48.0 Å². The fourth-order valence-electron chi connectivity index (χ4n) is 2.01. The zero-order valence-electron chi connectivity index (χ0n) is 9.49. The zero-order valence-corrected chi connectivity index (χ0v) is 10.2. The summed E-state index contributed by atoms with van der Waals surface area (Å²) in [6, 6.07) is 14.9. The molecule has 1 aliphatic rings. The minimum absolute atomic E-state index is 0.563. The van der Waals surface area contributed by atoms with Gasteiger partial charge in [0.25, 0.3) is 0 Å². The van der Waals surface area contributed by atoms with Gasteiger partial charge < -0.3 is 5.02 Å². The lowest BCUT2D eigenvalue weighted by Gasteiger charge is -2.27. The highest BCUT2D eigenvalue weighted by molar-refractivity contribution is 6.72. The average molecular weight is 257 g/mol. The standard InChI is InChI=1S/C13H10BClN2O/c15-12-7-3-4-8-13(12)17-14(18)11-6-2-1-5-10(11)9-16-17/h1-9,18H. The van der Waals surface area contributed by atoms with E-state index < -0.39 is 7.05 Å². The Labute approximate surface area is 110 Å². The molecule has 1 N–H and O–H groups in total. The van der Waals surface area contributed by atoms with Gasteiger partial charge in [0.1, 0.15) is 0 Å². The van der Waals surface area contributed by atoms with Gasteiger partial charge in [0.2, 0.25) is 0 Å². The summed E-state index contributed by atoms with van der Waals surface area (Å²) in [5.74, 6) is 0. The first-order valence-corrected chi connectivity index (χ1v) is 6.00. The van der Waals surface area contributed by atoms with E-state index >= 15 is 0 Å². The van der Waals surface area contributed by atoms with Crippen LogP contribution in [0.4, 0.5) is 5.69 Å². The van der Waals surface area contributed by atoms with Crippen LogP contribution in [0.25, 0.3) is 0 Å². The SMILES string of the molecule is OB1c2ccccc2C=NN1c1ccccc1Cl. The average Bonchev–Trinajstić information content (AvgIpc) is 2.41. The Morgan fingerprint density at radius 2 is 1.78 bits per heavy atom. The Balaban J connectivity index is 2.06. The Bertz CT molecular complexity index is 617. The van der Waals surface area contributed by atoms with Gasteiger partial charge in [-0.05, 0) is 23.2 Å². The Morgan fingerprint density at radius 3 is 2.61 bits per heavy atom. The van der Waals surface area contributed by atoms with Crippen molar-refractivity contribution in [2.24, 2.45) is 5.10 Å². The van der Waals surface area contributed by atoms with Gasteiger partial charge in [-0.2, -0.15) is 5.10 Å². The van der Waals surface area contributed by atoms with Gasteiger partial charge in [-0.25, -0.2) is 0 Å². The number of para-hydroxylation sites is 1. The molecule has 0 saturated carbocycles. The second kappa shape index (κ2) is 4.48. The van der Waals surface area contributed by atoms with Crippen LogP contribution in [0.3, 0.4) is 0 Å². The van der Waals surface area contributed by atoms with Crippen molar-refractivity contribution in [3.8, 4) is 0 Å². The second-order valence-corrected chi connectivity index (χ2v) is 4.45. The number of hydrogen-bond donors (Lipinski definition) is 1. The molecule has 5 heteroatoms. The highest BCUT2D eigenvalue weighted by Gasteiger charge is 2.30. The normalized spacial score (nSPS) is 13.7. The molecule has 18 heavy (non-hydrogen) atoms. The molecule has 0 aromatic heterocycles. The molecule has 1 heterocycles. The van der Waals surface area contributed by atoms with Crippen LogP contribution in [0.15, 0.2) is 53.6 Å². The van der Waals surface area contributed by atoms with Crippen LogP contribution in [0.1, 0.15) is 5.56 Å². The monoisotopic (exact) mass is 256 g/mol. The lowest BCUT2D eigenvalue weighted by Crippen LogP contribution is -2.50. The summed E-state index contributed by atoms with van der Waals surface area (Å²) < 4.78 is 0. The molecule has 3 nitrogen and oxygen atoms in total. The number of anilines is 1. The lowest BCUT2D eigenvalue weighted by atomic mass is 9.69. The molecule has 0 radical (unpaired) electrons. The summed E-state index contributed by atoms with van der Waals surface area (Å²) in [7, 11) is -0.814. The van der Waals surface area contributed by atoms with Gasteiger partial charge in [0.05, 0.1) is 16.9 Å². The molecule has 0 atom stereocenters. The van der Waals surface area contributed by atoms with Crippen molar-refractivity contribution >= 4 is 36.0 Å². The first kappa shape index (κ1) is 11.3. The highest BCUT2D eigenvalue weighted by Crippen LogP contribution is 2.26. The van der Waals surface area contributed by atoms with Crippen LogP contribution >= 0.6 is 11.6 Å². The van der Waals surface area contributed by atoms with E-state index in [2.05, 4.69) is 5.10 Å². The van der Waals surface area contributed by atoms with E-state index in [4.69, 9.17) is 11.6 Å². The molecular formula is C13H10BClN2O. The van der Waals surface area contributed by atoms with Crippen molar-refractivity contribution in [1.29, 1.82) is 0 Å². The largest absolute Gasteiger partial charge is 0.471 e. The first-order valence-electron chi connectivity index (χ1n) is 5.62. The van der Waals surface area contributed by atoms with Crippen molar-refractivity contribution in [3.63, 3.8) is 0 Å². The predicted molar refractivity (Wildman–Crippen MR) is 75.6 cm³/mol. The number of hydrogen-bond acceptors (Lipinski definition) is 3. The van der Waals surface area contributed by atoms with E-state index in [0.717, 1.165) is 11.0 Å². The molecule has 0 unspecified atom stereocenters. The van der Waals surface area contributed by atoms with E-state index in [0.29, 0.717) is 10.7 Å². The molecule has 1 aliphatic heterocycles. The van der Waals surface area contributed by atoms with E-state index in [-0.39, 0.29) is 0 Å². The lowest BCUT2D eigenvalue weighted by molar-refractivity contribution is 0.578. The van der Waals surface area contributed by atoms with Gasteiger partial charge >= 0.3 is 7.05 Å². The second-order valence-electron chi connectivity index (χ2n) is 4.04. The fraction of sp³-hybridized carbons (Fsp3) is 0. The van der Waals surface area contributed by atoms with Crippen molar-refractivity contribution in [2.45, 2.75) is 0 Å². The van der Waals surface area contributed by atoms with Crippen LogP contribution < -0.4 is 10.4 Å². The summed E-state index contributed by atoms with van der Waals surface area (Å²) in [5.41, 5.74) is 2.44. The molecule has 0 fully saturated rings. The number of fused-ring (bicyclic) bond motifs is 1. The van der Waals surface area contributed by atoms with Crippen LogP contribution in [0.5, 0.6) is 0 Å². The van der Waals surface area contributed by atoms with Crippen molar-refractivity contribution < 1.29 is 5.02 Å². The third-order valence-electron chi connectivity index (χ3n) is 2.93. The number of nitrogens with zero attached hydrogens (tertiary/aromatic N) is 2. The predicted octanol–water partition coefficient (Wildman–Crippen LogP) is 1.88. The number of hydrazone groups is 1. The molecule has 0 bridgehead atoms. The Kier molecular flexibility index (Phi) is 2.82. The van der Waals surface area contributed by atoms with Crippen LogP contribution in [0.2, 0.25) is 5.02 Å². The Morgan fingerprint density at radius 1 is 1.06 bits per heavy atom. The summed E-state index contributed by atoms with van der Waals surface area (Å²) in [5, 5.41) is 15.2. The summed E-state index contributed by atoms with van der Waals surface area (Å²) >= 11 is 6.12. The van der Waals surface area contributed by atoms with Crippen molar-refractivity contribution in [3.05, 3.63) is 59.1 Å². The third-order valence-corrected chi connectivity index (χ3v) is 3.25. The molecule has 2 aromatic carbocycles. The molecule has 0 spiro atoms. The van der Waals surface area contributed by atoms with Crippen LogP contribution in [0, 0.1) is 0 Å². The Hall–Kier alpha value is -1.78. The van der Waals surface area contributed by atoms with E-state index in [1.54, 1.807) is 12.3 Å². The molecule has 0 aliphatic carbocycles. The molecule has 3 rings (SSSR count). The molecule has 0 saturated heterocycles. The minimum Gasteiger partial charge on any atom is -0.427 e. The summed E-state index contributed by atoms with van der Waals surface area (Å²) in [4.78, 5) is 1.52. The zero-order chi connectivity index (χ0) is 12.5. The third kappa shape index (κ3) is 1.80. The maximum Gasteiger partial charge on any atom is 0.471 e. The maximum atomic E-state index is 10.4. The first-order chi connectivity index (χ1) is 8.77. The highest BCUT2D eigenvalue weighted by atomic mass is 35.5. The van der Waals surface area contributed by atoms with Crippen LogP contribution in [-0.2, 0) is 0 Å². The molecule has 2 aromatic rings. The van der Waals surface area contributed by atoms with Gasteiger partial charge in [-0.15, -0.1) is 0 Å². The number of benzene rings is 2. The van der Waals surface area contributed by atoms with Gasteiger partial charge in [0, 0.05) is 0 Å². The molecular weight excluding hydrogens is 246 g/mol. The van der Waals surface area contributed by atoms with Crippen molar-refractivity contribution in [2.75, 3.05) is 4.92 Å². The topological polar surface area (TPSA) is 35.8 Å². The quantitative estimate of drug-likeness (QED) is 0.791. The molecule has 88 valence electrons. The number of halogens is 1. The number of rotatable bonds is 1. The summed E-state index contributed by atoms with van der Waals surface area (Å²) in [6.45, 7) is 0. The van der Waals surface area contributed by atoms with E-state index in [1.165, 1.54) is 4.92 Å². The fourth-order valence-corrected chi connectivity index (χ4v) is 2.24. The van der Waals surface area contributed by atoms with Gasteiger partial charge in [0.15, 0.2) is 0 Å². The van der Waals surface area contributed by atoms with Gasteiger partial charge in [-0.3, -0.25) is 4.92 Å². The smallest absolute Gasteiger partial charge is 0.427 e. The van der Waals surface area contributed by atoms with E-state index in [9.17, 15) is 5.02 Å².